The summed E-state index contributed by atoms with van der Waals surface area (Å²) in [7, 11) is 0. The van der Waals surface area contributed by atoms with Gasteiger partial charge in [0.1, 0.15) is 11.9 Å². The van der Waals surface area contributed by atoms with E-state index in [1.807, 2.05) is 0 Å². The summed E-state index contributed by atoms with van der Waals surface area (Å²) in [6.07, 6.45) is 2.71. The molecule has 2 heterocycles. The molecule has 0 aliphatic carbocycles. The zero-order valence-electron chi connectivity index (χ0n) is 11.5. The molecule has 0 saturated carbocycles. The Kier molecular flexibility index (Phi) is 3.66. The number of amides is 1. The molecule has 6 nitrogen and oxygen atoms in total. The number of hydrogen-bond acceptors (Lipinski definition) is 4. The molecule has 0 bridgehead atoms. The first-order valence-electron chi connectivity index (χ1n) is 6.74. The van der Waals surface area contributed by atoms with Gasteiger partial charge in [-0.05, 0) is 43.5 Å². The molecule has 3 rings (SSSR count). The van der Waals surface area contributed by atoms with E-state index in [2.05, 4.69) is 15.6 Å². The third kappa shape index (κ3) is 3.08. The lowest BCUT2D eigenvalue weighted by Crippen LogP contribution is -2.26. The topological polar surface area (TPSA) is 69.0 Å². The second-order valence-corrected chi connectivity index (χ2v) is 5.03. The number of hydrogen-bond donors (Lipinski definition) is 1. The Morgan fingerprint density at radius 3 is 3.05 bits per heavy atom. The van der Waals surface area contributed by atoms with Crippen molar-refractivity contribution in [1.29, 1.82) is 0 Å². The van der Waals surface area contributed by atoms with Crippen LogP contribution in [-0.4, -0.2) is 33.6 Å². The summed E-state index contributed by atoms with van der Waals surface area (Å²) in [5.74, 6) is -0.252. The van der Waals surface area contributed by atoms with Crippen LogP contribution in [0.5, 0.6) is 0 Å². The molecule has 1 fully saturated rings. The lowest BCUT2D eigenvalue weighted by atomic mass is 10.2. The summed E-state index contributed by atoms with van der Waals surface area (Å²) in [6, 6.07) is 4.57. The number of nitrogens with zero attached hydrogens (tertiary/aromatic N) is 3. The van der Waals surface area contributed by atoms with E-state index >= 15 is 0 Å². The molecule has 1 aromatic heterocycles. The Bertz CT molecular complexity index is 644. The third-order valence-corrected chi connectivity index (χ3v) is 3.26. The first kappa shape index (κ1) is 13.7. The van der Waals surface area contributed by atoms with E-state index in [9.17, 15) is 9.18 Å². The Labute approximate surface area is 120 Å². The molecule has 0 radical (unpaired) electrons. The van der Waals surface area contributed by atoms with E-state index in [1.165, 1.54) is 16.8 Å². The highest BCUT2D eigenvalue weighted by molar-refractivity contribution is 5.93. The van der Waals surface area contributed by atoms with Crippen LogP contribution < -0.4 is 5.32 Å². The van der Waals surface area contributed by atoms with Gasteiger partial charge in [0.2, 0.25) is 0 Å². The number of benzene rings is 1. The minimum Gasteiger partial charge on any atom is -0.368 e. The van der Waals surface area contributed by atoms with Crippen LogP contribution in [0.15, 0.2) is 24.4 Å². The van der Waals surface area contributed by atoms with Crippen LogP contribution in [0.2, 0.25) is 0 Å². The van der Waals surface area contributed by atoms with Gasteiger partial charge in [-0.3, -0.25) is 4.79 Å². The molecule has 1 amide bonds. The van der Waals surface area contributed by atoms with Crippen LogP contribution in [-0.2, 0) is 9.53 Å². The highest BCUT2D eigenvalue weighted by atomic mass is 19.1. The SMILES string of the molecule is Cc1cc(F)cc(-n2cc(NC(=O)[C@H]3CCCO3)nn2)c1. The lowest BCUT2D eigenvalue weighted by molar-refractivity contribution is -0.124. The van der Waals surface area contributed by atoms with Gasteiger partial charge in [-0.15, -0.1) is 5.10 Å². The highest BCUT2D eigenvalue weighted by Gasteiger charge is 2.24. The van der Waals surface area contributed by atoms with Gasteiger partial charge in [-0.1, -0.05) is 5.21 Å². The van der Waals surface area contributed by atoms with Gasteiger partial charge < -0.3 is 10.1 Å². The Morgan fingerprint density at radius 1 is 1.48 bits per heavy atom. The number of nitrogens with one attached hydrogen (secondary N) is 1. The molecular weight excluding hydrogens is 275 g/mol. The normalized spacial score (nSPS) is 17.9. The molecule has 0 spiro atoms. The van der Waals surface area contributed by atoms with Crippen molar-refractivity contribution >= 4 is 11.7 Å². The van der Waals surface area contributed by atoms with Gasteiger partial charge in [-0.2, -0.15) is 0 Å². The number of ether oxygens (including phenoxy) is 1. The van der Waals surface area contributed by atoms with E-state index in [-0.39, 0.29) is 11.7 Å². The van der Waals surface area contributed by atoms with Crippen LogP contribution in [0.1, 0.15) is 18.4 Å². The van der Waals surface area contributed by atoms with E-state index in [0.717, 1.165) is 12.0 Å². The van der Waals surface area contributed by atoms with Crippen molar-refractivity contribution in [2.75, 3.05) is 11.9 Å². The predicted molar refractivity (Wildman–Crippen MR) is 73.7 cm³/mol. The number of halogens is 1. The van der Waals surface area contributed by atoms with Crippen molar-refractivity contribution in [3.8, 4) is 5.69 Å². The largest absolute Gasteiger partial charge is 0.368 e. The van der Waals surface area contributed by atoms with Crippen LogP contribution >= 0.6 is 0 Å². The maximum atomic E-state index is 13.4. The van der Waals surface area contributed by atoms with Crippen molar-refractivity contribution in [2.24, 2.45) is 0 Å². The zero-order chi connectivity index (χ0) is 14.8. The number of aryl methyl sites for hydroxylation is 1. The fraction of sp³-hybridized carbons (Fsp3) is 0.357. The fourth-order valence-electron chi connectivity index (χ4n) is 2.29. The molecule has 7 heteroatoms. The molecule has 1 aliphatic rings. The smallest absolute Gasteiger partial charge is 0.254 e. The number of anilines is 1. The minimum absolute atomic E-state index is 0.227. The van der Waals surface area contributed by atoms with Gasteiger partial charge in [0, 0.05) is 6.61 Å². The molecule has 1 atom stereocenters. The van der Waals surface area contributed by atoms with Gasteiger partial charge in [0.05, 0.1) is 11.9 Å². The molecule has 1 N–H and O–H groups in total. The standard InChI is InChI=1S/C14H15FN4O2/c1-9-5-10(15)7-11(6-9)19-8-13(17-18-19)16-14(20)12-3-2-4-21-12/h5-8,12H,2-4H2,1H3,(H,16,20)/t12-/m1/s1. The quantitative estimate of drug-likeness (QED) is 0.936. The summed E-state index contributed by atoms with van der Waals surface area (Å²) in [5, 5.41) is 10.4. The molecule has 21 heavy (non-hydrogen) atoms. The van der Waals surface area contributed by atoms with Gasteiger partial charge in [0.25, 0.3) is 5.91 Å². The molecule has 1 aromatic carbocycles. The minimum atomic E-state index is -0.424. The maximum absolute atomic E-state index is 13.4. The monoisotopic (exact) mass is 290 g/mol. The summed E-state index contributed by atoms with van der Waals surface area (Å²) >= 11 is 0. The first-order chi connectivity index (χ1) is 10.1. The van der Waals surface area contributed by atoms with E-state index in [4.69, 9.17) is 4.74 Å². The number of carbonyl (C=O) groups is 1. The van der Waals surface area contributed by atoms with Crippen LogP contribution in [0.3, 0.4) is 0 Å². The van der Waals surface area contributed by atoms with Crippen molar-refractivity contribution in [3.05, 3.63) is 35.8 Å². The van der Waals surface area contributed by atoms with Crippen LogP contribution in [0, 0.1) is 12.7 Å². The van der Waals surface area contributed by atoms with Gasteiger partial charge >= 0.3 is 0 Å². The molecule has 1 saturated heterocycles. The maximum Gasteiger partial charge on any atom is 0.254 e. The third-order valence-electron chi connectivity index (χ3n) is 3.26. The van der Waals surface area contributed by atoms with Crippen molar-refractivity contribution in [1.82, 2.24) is 15.0 Å². The Balaban J connectivity index is 1.75. The van der Waals surface area contributed by atoms with Crippen LogP contribution in [0.4, 0.5) is 10.2 Å². The second-order valence-electron chi connectivity index (χ2n) is 5.03. The van der Waals surface area contributed by atoms with E-state index in [0.29, 0.717) is 24.5 Å². The van der Waals surface area contributed by atoms with E-state index in [1.54, 1.807) is 19.2 Å². The lowest BCUT2D eigenvalue weighted by Gasteiger charge is -2.07. The van der Waals surface area contributed by atoms with Gasteiger partial charge in [0.15, 0.2) is 5.82 Å². The fourth-order valence-corrected chi connectivity index (χ4v) is 2.29. The van der Waals surface area contributed by atoms with Crippen LogP contribution in [0.25, 0.3) is 5.69 Å². The number of rotatable bonds is 3. The highest BCUT2D eigenvalue weighted by Crippen LogP contribution is 2.16. The summed E-state index contributed by atoms with van der Waals surface area (Å²) < 4.78 is 20.1. The second kappa shape index (κ2) is 5.61. The van der Waals surface area contributed by atoms with Crippen molar-refractivity contribution < 1.29 is 13.9 Å². The first-order valence-corrected chi connectivity index (χ1v) is 6.74. The van der Waals surface area contributed by atoms with E-state index < -0.39 is 6.10 Å². The predicted octanol–water partition coefficient (Wildman–Crippen LogP) is 1.83. The Morgan fingerprint density at radius 2 is 2.33 bits per heavy atom. The van der Waals surface area contributed by atoms with Gasteiger partial charge in [-0.25, -0.2) is 9.07 Å². The molecule has 1 aliphatic heterocycles. The molecule has 110 valence electrons. The zero-order valence-corrected chi connectivity index (χ0v) is 11.5. The molecular formula is C14H15FN4O2. The average molecular weight is 290 g/mol. The summed E-state index contributed by atoms with van der Waals surface area (Å²) in [5.41, 5.74) is 1.34. The average Bonchev–Trinajstić information content (AvgIpc) is 3.08. The summed E-state index contributed by atoms with van der Waals surface area (Å²) in [6.45, 7) is 2.40. The van der Waals surface area contributed by atoms with Crippen molar-refractivity contribution in [3.63, 3.8) is 0 Å². The number of carbonyl (C=O) groups excluding carboxylic acids is 1. The Hall–Kier alpha value is -2.28. The summed E-state index contributed by atoms with van der Waals surface area (Å²) in [4.78, 5) is 11.9. The molecule has 0 unspecified atom stereocenters. The van der Waals surface area contributed by atoms with Crippen molar-refractivity contribution in [2.45, 2.75) is 25.9 Å². The number of aromatic nitrogens is 3. The molecule has 2 aromatic rings.